The average Bonchev–Trinajstić information content (AvgIpc) is 2.09. The van der Waals surface area contributed by atoms with Gasteiger partial charge in [-0.2, -0.15) is 0 Å². The van der Waals surface area contributed by atoms with E-state index in [-0.39, 0.29) is 0 Å². The van der Waals surface area contributed by atoms with Crippen molar-refractivity contribution in [1.82, 2.24) is 5.43 Å². The van der Waals surface area contributed by atoms with E-state index in [9.17, 15) is 5.11 Å². The van der Waals surface area contributed by atoms with Crippen LogP contribution in [0.1, 0.15) is 22.8 Å². The topological polar surface area (TPSA) is 58.3 Å². The molecule has 0 aliphatic heterocycles. The zero-order valence-corrected chi connectivity index (χ0v) is 8.04. The highest BCUT2D eigenvalue weighted by Crippen LogP contribution is 2.18. The number of aliphatic hydroxyl groups is 1. The van der Waals surface area contributed by atoms with Crippen molar-refractivity contribution in [3.05, 3.63) is 34.9 Å². The van der Waals surface area contributed by atoms with Gasteiger partial charge in [-0.25, -0.2) is 0 Å². The summed E-state index contributed by atoms with van der Waals surface area (Å²) in [5.41, 5.74) is 5.65. The van der Waals surface area contributed by atoms with E-state index < -0.39 is 6.10 Å². The van der Waals surface area contributed by atoms with E-state index >= 15 is 0 Å². The van der Waals surface area contributed by atoms with E-state index in [0.717, 1.165) is 16.7 Å². The van der Waals surface area contributed by atoms with Gasteiger partial charge in [-0.3, -0.25) is 11.3 Å². The molecule has 0 aromatic heterocycles. The van der Waals surface area contributed by atoms with Crippen molar-refractivity contribution in [2.24, 2.45) is 5.84 Å². The maximum Gasteiger partial charge on any atom is 0.0930 e. The van der Waals surface area contributed by atoms with Crippen LogP contribution in [0.15, 0.2) is 18.2 Å². The first-order chi connectivity index (χ1) is 6.15. The van der Waals surface area contributed by atoms with Crippen LogP contribution < -0.4 is 11.3 Å². The molecular weight excluding hydrogens is 164 g/mol. The van der Waals surface area contributed by atoms with E-state index in [4.69, 9.17) is 5.84 Å². The van der Waals surface area contributed by atoms with Gasteiger partial charge in [0.2, 0.25) is 0 Å². The number of nitrogens with two attached hydrogens (primary N) is 1. The van der Waals surface area contributed by atoms with Crippen LogP contribution in [0.25, 0.3) is 0 Å². The Labute approximate surface area is 78.5 Å². The van der Waals surface area contributed by atoms with Crippen LogP contribution in [0.3, 0.4) is 0 Å². The number of benzene rings is 1. The second kappa shape index (κ2) is 4.37. The summed E-state index contributed by atoms with van der Waals surface area (Å²) < 4.78 is 0. The smallest absolute Gasteiger partial charge is 0.0930 e. The Morgan fingerprint density at radius 1 is 1.46 bits per heavy atom. The van der Waals surface area contributed by atoms with Gasteiger partial charge in [0, 0.05) is 6.54 Å². The van der Waals surface area contributed by atoms with Gasteiger partial charge in [-0.1, -0.05) is 23.8 Å². The maximum absolute atomic E-state index is 9.68. The lowest BCUT2D eigenvalue weighted by atomic mass is 10.0. The molecule has 1 unspecified atom stereocenters. The third-order valence-corrected chi connectivity index (χ3v) is 2.10. The third kappa shape index (κ3) is 2.52. The SMILES string of the molecule is Cc1ccc(C)c(C(O)CNN)c1. The average molecular weight is 180 g/mol. The first-order valence-electron chi connectivity index (χ1n) is 4.34. The van der Waals surface area contributed by atoms with Crippen molar-refractivity contribution in [2.75, 3.05) is 6.54 Å². The van der Waals surface area contributed by atoms with E-state index in [2.05, 4.69) is 5.43 Å². The standard InChI is InChI=1S/C10H16N2O/c1-7-3-4-8(2)9(5-7)10(13)6-12-11/h3-5,10,12-13H,6,11H2,1-2H3. The molecular formula is C10H16N2O. The van der Waals surface area contributed by atoms with Gasteiger partial charge in [-0.05, 0) is 25.0 Å². The van der Waals surface area contributed by atoms with E-state index in [1.165, 1.54) is 0 Å². The monoisotopic (exact) mass is 180 g/mol. The molecule has 3 heteroatoms. The predicted octanol–water partition coefficient (Wildman–Crippen LogP) is 0.800. The zero-order chi connectivity index (χ0) is 9.84. The maximum atomic E-state index is 9.68. The molecule has 1 aromatic rings. The van der Waals surface area contributed by atoms with Gasteiger partial charge in [0.05, 0.1) is 6.10 Å². The van der Waals surface area contributed by atoms with Gasteiger partial charge in [-0.15, -0.1) is 0 Å². The molecule has 1 rings (SSSR count). The van der Waals surface area contributed by atoms with Gasteiger partial charge in [0.1, 0.15) is 0 Å². The zero-order valence-electron chi connectivity index (χ0n) is 8.04. The molecule has 0 bridgehead atoms. The number of hydrogen-bond donors (Lipinski definition) is 3. The molecule has 0 aliphatic carbocycles. The molecule has 0 amide bonds. The normalized spacial score (nSPS) is 12.9. The Morgan fingerprint density at radius 3 is 2.77 bits per heavy atom. The lowest BCUT2D eigenvalue weighted by molar-refractivity contribution is 0.174. The molecule has 1 atom stereocenters. The number of hydrogen-bond acceptors (Lipinski definition) is 3. The molecule has 0 radical (unpaired) electrons. The van der Waals surface area contributed by atoms with Crippen LogP contribution >= 0.6 is 0 Å². The molecule has 1 aromatic carbocycles. The summed E-state index contributed by atoms with van der Waals surface area (Å²) in [6, 6.07) is 6.02. The predicted molar refractivity (Wildman–Crippen MR) is 53.1 cm³/mol. The molecule has 0 fully saturated rings. The van der Waals surface area contributed by atoms with E-state index in [1.807, 2.05) is 32.0 Å². The van der Waals surface area contributed by atoms with Crippen molar-refractivity contribution in [3.63, 3.8) is 0 Å². The summed E-state index contributed by atoms with van der Waals surface area (Å²) in [5.74, 6) is 5.14. The quantitative estimate of drug-likeness (QED) is 0.476. The molecule has 3 nitrogen and oxygen atoms in total. The van der Waals surface area contributed by atoms with Crippen LogP contribution in [0.2, 0.25) is 0 Å². The molecule has 0 heterocycles. The fourth-order valence-electron chi connectivity index (χ4n) is 1.34. The van der Waals surface area contributed by atoms with Gasteiger partial charge >= 0.3 is 0 Å². The first kappa shape index (κ1) is 10.2. The fraction of sp³-hybridized carbons (Fsp3) is 0.400. The molecule has 13 heavy (non-hydrogen) atoms. The number of nitrogens with one attached hydrogen (secondary N) is 1. The molecule has 0 saturated heterocycles. The second-order valence-electron chi connectivity index (χ2n) is 3.28. The molecule has 72 valence electrons. The van der Waals surface area contributed by atoms with Gasteiger partial charge in [0.15, 0.2) is 0 Å². The highest BCUT2D eigenvalue weighted by atomic mass is 16.3. The van der Waals surface area contributed by atoms with E-state index in [1.54, 1.807) is 0 Å². The van der Waals surface area contributed by atoms with Crippen LogP contribution in [0.5, 0.6) is 0 Å². The van der Waals surface area contributed by atoms with Crippen molar-refractivity contribution in [2.45, 2.75) is 20.0 Å². The summed E-state index contributed by atoms with van der Waals surface area (Å²) in [6.07, 6.45) is -0.523. The number of hydrazine groups is 1. The lowest BCUT2D eigenvalue weighted by Crippen LogP contribution is -2.27. The Hall–Kier alpha value is -0.900. The third-order valence-electron chi connectivity index (χ3n) is 2.10. The Balaban J connectivity index is 2.91. The molecule has 0 aliphatic rings. The summed E-state index contributed by atoms with van der Waals surface area (Å²) in [6.45, 7) is 4.37. The number of rotatable bonds is 3. The molecule has 0 spiro atoms. The number of aryl methyl sites for hydroxylation is 2. The van der Waals surface area contributed by atoms with Gasteiger partial charge in [0.25, 0.3) is 0 Å². The minimum Gasteiger partial charge on any atom is -0.387 e. The van der Waals surface area contributed by atoms with Crippen LogP contribution in [0.4, 0.5) is 0 Å². The van der Waals surface area contributed by atoms with Crippen LogP contribution in [-0.4, -0.2) is 11.7 Å². The number of aliphatic hydroxyl groups excluding tert-OH is 1. The van der Waals surface area contributed by atoms with Crippen molar-refractivity contribution < 1.29 is 5.11 Å². The van der Waals surface area contributed by atoms with Crippen LogP contribution in [0, 0.1) is 13.8 Å². The second-order valence-corrected chi connectivity index (χ2v) is 3.28. The summed E-state index contributed by atoms with van der Waals surface area (Å²) >= 11 is 0. The Kier molecular flexibility index (Phi) is 3.42. The van der Waals surface area contributed by atoms with Crippen molar-refractivity contribution >= 4 is 0 Å². The molecule has 4 N–H and O–H groups in total. The minimum atomic E-state index is -0.523. The lowest BCUT2D eigenvalue weighted by Gasteiger charge is -2.13. The Morgan fingerprint density at radius 2 is 2.15 bits per heavy atom. The Bertz CT molecular complexity index is 286. The fourth-order valence-corrected chi connectivity index (χ4v) is 1.34. The highest BCUT2D eigenvalue weighted by molar-refractivity contribution is 5.32. The van der Waals surface area contributed by atoms with Crippen LogP contribution in [-0.2, 0) is 0 Å². The van der Waals surface area contributed by atoms with E-state index in [0.29, 0.717) is 6.54 Å². The largest absolute Gasteiger partial charge is 0.387 e. The highest BCUT2D eigenvalue weighted by Gasteiger charge is 2.08. The van der Waals surface area contributed by atoms with Crippen molar-refractivity contribution in [1.29, 1.82) is 0 Å². The summed E-state index contributed by atoms with van der Waals surface area (Å²) in [5, 5.41) is 9.68. The summed E-state index contributed by atoms with van der Waals surface area (Å²) in [4.78, 5) is 0. The minimum absolute atomic E-state index is 0.379. The summed E-state index contributed by atoms with van der Waals surface area (Å²) in [7, 11) is 0. The van der Waals surface area contributed by atoms with Gasteiger partial charge < -0.3 is 5.11 Å². The molecule has 0 saturated carbocycles. The first-order valence-corrected chi connectivity index (χ1v) is 4.34. The van der Waals surface area contributed by atoms with Crippen molar-refractivity contribution in [3.8, 4) is 0 Å².